The Morgan fingerprint density at radius 1 is 1.15 bits per heavy atom. The van der Waals surface area contributed by atoms with Crippen LogP contribution in [0.3, 0.4) is 0 Å². The van der Waals surface area contributed by atoms with Crippen LogP contribution in [0.15, 0.2) is 42.5 Å². The number of ketones is 1. The average molecular weight is 271 g/mol. The molecule has 2 aromatic carbocycles. The van der Waals surface area contributed by atoms with Crippen molar-refractivity contribution in [1.82, 2.24) is 0 Å². The fraction of sp³-hybridized carbons (Fsp3) is 0.188. The minimum Gasteiger partial charge on any atom is -0.496 e. The van der Waals surface area contributed by atoms with Crippen LogP contribution < -0.4 is 15.2 Å². The number of hydrogen-bond donors (Lipinski definition) is 1. The topological polar surface area (TPSA) is 61.5 Å². The SMILES string of the molecule is CCOc1ccc(OC)c(C(=O)c2ccccc2N)c1. The number of benzene rings is 2. The standard InChI is InChI=1S/C16H17NO3/c1-3-20-11-8-9-15(19-2)13(10-11)16(18)12-6-4-5-7-14(12)17/h4-10H,3,17H2,1-2H3. The van der Waals surface area contributed by atoms with Crippen molar-refractivity contribution in [2.24, 2.45) is 0 Å². The highest BCUT2D eigenvalue weighted by molar-refractivity contribution is 6.13. The summed E-state index contributed by atoms with van der Waals surface area (Å²) in [5.74, 6) is 0.953. The second kappa shape index (κ2) is 6.10. The van der Waals surface area contributed by atoms with Gasteiger partial charge in [-0.3, -0.25) is 4.79 Å². The molecule has 104 valence electrons. The van der Waals surface area contributed by atoms with Crippen molar-refractivity contribution >= 4 is 11.5 Å². The third-order valence-corrected chi connectivity index (χ3v) is 2.93. The molecule has 0 aliphatic heterocycles. The van der Waals surface area contributed by atoms with Gasteiger partial charge in [-0.15, -0.1) is 0 Å². The largest absolute Gasteiger partial charge is 0.496 e. The van der Waals surface area contributed by atoms with Crippen LogP contribution in [-0.2, 0) is 0 Å². The highest BCUT2D eigenvalue weighted by Gasteiger charge is 2.17. The zero-order valence-corrected chi connectivity index (χ0v) is 11.6. The maximum absolute atomic E-state index is 12.6. The molecule has 4 heteroatoms. The number of carbonyl (C=O) groups is 1. The van der Waals surface area contributed by atoms with Crippen molar-refractivity contribution in [1.29, 1.82) is 0 Å². The summed E-state index contributed by atoms with van der Waals surface area (Å²) in [6.07, 6.45) is 0. The molecule has 2 rings (SSSR count). The van der Waals surface area contributed by atoms with Gasteiger partial charge >= 0.3 is 0 Å². The van der Waals surface area contributed by atoms with Crippen LogP contribution in [0.5, 0.6) is 11.5 Å². The molecular weight excluding hydrogens is 254 g/mol. The molecule has 0 unspecified atom stereocenters. The molecule has 0 fully saturated rings. The van der Waals surface area contributed by atoms with Crippen molar-refractivity contribution in [3.05, 3.63) is 53.6 Å². The van der Waals surface area contributed by atoms with Crippen LogP contribution in [0.2, 0.25) is 0 Å². The molecule has 2 N–H and O–H groups in total. The monoisotopic (exact) mass is 271 g/mol. The second-order valence-corrected chi connectivity index (χ2v) is 4.21. The van der Waals surface area contributed by atoms with E-state index in [4.69, 9.17) is 15.2 Å². The van der Waals surface area contributed by atoms with Crippen molar-refractivity contribution < 1.29 is 14.3 Å². The van der Waals surface area contributed by atoms with Gasteiger partial charge in [0.05, 0.1) is 19.3 Å². The Kier molecular flexibility index (Phi) is 4.25. The first-order chi connectivity index (χ1) is 9.67. The molecule has 0 saturated carbocycles. The van der Waals surface area contributed by atoms with E-state index in [1.165, 1.54) is 7.11 Å². The molecule has 20 heavy (non-hydrogen) atoms. The molecule has 0 aromatic heterocycles. The zero-order valence-electron chi connectivity index (χ0n) is 11.6. The number of rotatable bonds is 5. The zero-order chi connectivity index (χ0) is 14.5. The van der Waals surface area contributed by atoms with Crippen molar-refractivity contribution in [2.75, 3.05) is 19.5 Å². The summed E-state index contributed by atoms with van der Waals surface area (Å²) in [6.45, 7) is 2.42. The van der Waals surface area contributed by atoms with E-state index >= 15 is 0 Å². The van der Waals surface area contributed by atoms with Gasteiger partial charge in [-0.2, -0.15) is 0 Å². The third kappa shape index (κ3) is 2.74. The fourth-order valence-electron chi connectivity index (χ4n) is 1.97. The van der Waals surface area contributed by atoms with Crippen molar-refractivity contribution in [2.45, 2.75) is 6.92 Å². The Bertz CT molecular complexity index is 623. The van der Waals surface area contributed by atoms with Crippen LogP contribution in [0.1, 0.15) is 22.8 Å². The van der Waals surface area contributed by atoms with Gasteiger partial charge in [0.15, 0.2) is 5.78 Å². The molecular formula is C16H17NO3. The molecule has 0 aliphatic rings. The summed E-state index contributed by atoms with van der Waals surface area (Å²) in [5.41, 5.74) is 7.20. The van der Waals surface area contributed by atoms with Crippen molar-refractivity contribution in [3.63, 3.8) is 0 Å². The first-order valence-electron chi connectivity index (χ1n) is 6.37. The molecule has 4 nitrogen and oxygen atoms in total. The molecule has 0 radical (unpaired) electrons. The molecule has 0 heterocycles. The van der Waals surface area contributed by atoms with E-state index in [2.05, 4.69) is 0 Å². The van der Waals surface area contributed by atoms with Crippen LogP contribution in [0.4, 0.5) is 5.69 Å². The predicted molar refractivity (Wildman–Crippen MR) is 78.4 cm³/mol. The normalized spacial score (nSPS) is 10.1. The van der Waals surface area contributed by atoms with Crippen molar-refractivity contribution in [3.8, 4) is 11.5 Å². The van der Waals surface area contributed by atoms with Crippen LogP contribution >= 0.6 is 0 Å². The number of methoxy groups -OCH3 is 1. The maximum Gasteiger partial charge on any atom is 0.198 e. The van der Waals surface area contributed by atoms with Gasteiger partial charge in [0.1, 0.15) is 11.5 Å². The number of hydrogen-bond acceptors (Lipinski definition) is 4. The van der Waals surface area contributed by atoms with E-state index in [-0.39, 0.29) is 5.78 Å². The molecule has 0 bridgehead atoms. The van der Waals surface area contributed by atoms with Crippen LogP contribution in [0, 0.1) is 0 Å². The highest BCUT2D eigenvalue weighted by Crippen LogP contribution is 2.28. The van der Waals surface area contributed by atoms with E-state index in [0.29, 0.717) is 34.9 Å². The van der Waals surface area contributed by atoms with Gasteiger partial charge < -0.3 is 15.2 Å². The number of nitrogen functional groups attached to an aromatic ring is 1. The second-order valence-electron chi connectivity index (χ2n) is 4.21. The van der Waals surface area contributed by atoms with E-state index in [9.17, 15) is 4.79 Å². The Morgan fingerprint density at radius 2 is 1.90 bits per heavy atom. The van der Waals surface area contributed by atoms with Crippen LogP contribution in [0.25, 0.3) is 0 Å². The number of carbonyl (C=O) groups excluding carboxylic acids is 1. The number of ether oxygens (including phenoxy) is 2. The Morgan fingerprint density at radius 3 is 2.55 bits per heavy atom. The summed E-state index contributed by atoms with van der Waals surface area (Å²) in [7, 11) is 1.53. The van der Waals surface area contributed by atoms with E-state index in [0.717, 1.165) is 0 Å². The predicted octanol–water partition coefficient (Wildman–Crippen LogP) is 2.91. The van der Waals surface area contributed by atoms with Gasteiger partial charge in [-0.25, -0.2) is 0 Å². The number of para-hydroxylation sites is 1. The maximum atomic E-state index is 12.6. The molecule has 0 amide bonds. The lowest BCUT2D eigenvalue weighted by Gasteiger charge is -2.11. The van der Waals surface area contributed by atoms with Gasteiger partial charge in [-0.05, 0) is 37.3 Å². The lowest BCUT2D eigenvalue weighted by Crippen LogP contribution is -2.07. The molecule has 0 spiro atoms. The minimum atomic E-state index is -0.179. The summed E-state index contributed by atoms with van der Waals surface area (Å²) < 4.78 is 10.7. The third-order valence-electron chi connectivity index (χ3n) is 2.93. The van der Waals surface area contributed by atoms with E-state index in [1.807, 2.05) is 6.92 Å². The van der Waals surface area contributed by atoms with E-state index in [1.54, 1.807) is 42.5 Å². The van der Waals surface area contributed by atoms with E-state index < -0.39 is 0 Å². The minimum absolute atomic E-state index is 0.179. The lowest BCUT2D eigenvalue weighted by atomic mass is 10.0. The van der Waals surface area contributed by atoms with Gasteiger partial charge in [0.25, 0.3) is 0 Å². The average Bonchev–Trinajstić information content (AvgIpc) is 2.47. The summed E-state index contributed by atoms with van der Waals surface area (Å²) in [5, 5.41) is 0. The quantitative estimate of drug-likeness (QED) is 0.671. The lowest BCUT2D eigenvalue weighted by molar-refractivity contribution is 0.103. The number of nitrogens with two attached hydrogens (primary N) is 1. The first kappa shape index (κ1) is 13.9. The van der Waals surface area contributed by atoms with Gasteiger partial charge in [-0.1, -0.05) is 12.1 Å². The summed E-state index contributed by atoms with van der Waals surface area (Å²) in [6, 6.07) is 12.1. The highest BCUT2D eigenvalue weighted by atomic mass is 16.5. The first-order valence-corrected chi connectivity index (χ1v) is 6.37. The molecule has 0 atom stereocenters. The summed E-state index contributed by atoms with van der Waals surface area (Å²) >= 11 is 0. The molecule has 2 aromatic rings. The van der Waals surface area contributed by atoms with Gasteiger partial charge in [0, 0.05) is 11.3 Å². The number of anilines is 1. The Hall–Kier alpha value is -2.49. The van der Waals surface area contributed by atoms with Gasteiger partial charge in [0.2, 0.25) is 0 Å². The summed E-state index contributed by atoms with van der Waals surface area (Å²) in [4.78, 5) is 12.6. The van der Waals surface area contributed by atoms with Crippen LogP contribution in [-0.4, -0.2) is 19.5 Å². The Labute approximate surface area is 118 Å². The molecule has 0 saturated heterocycles. The molecule has 0 aliphatic carbocycles. The fourth-order valence-corrected chi connectivity index (χ4v) is 1.97. The Balaban J connectivity index is 2.47. The smallest absolute Gasteiger partial charge is 0.198 e.